The minimum absolute atomic E-state index is 0.0314. The molecule has 0 aromatic rings. The van der Waals surface area contributed by atoms with Gasteiger partial charge in [-0.15, -0.1) is 0 Å². The van der Waals surface area contributed by atoms with Crippen LogP contribution in [0.5, 0.6) is 0 Å². The Kier molecular flexibility index (Phi) is 6.62. The van der Waals surface area contributed by atoms with Crippen molar-refractivity contribution >= 4 is 11.7 Å². The molecule has 4 nitrogen and oxygen atoms in total. The van der Waals surface area contributed by atoms with E-state index in [0.717, 1.165) is 0 Å². The van der Waals surface area contributed by atoms with Gasteiger partial charge in [-0.3, -0.25) is 9.59 Å². The highest BCUT2D eigenvalue weighted by molar-refractivity contribution is 5.92. The molecular formula is C11H20N2O2. The molecule has 0 aromatic carbocycles. The third-order valence-corrected chi connectivity index (χ3v) is 1.82. The first kappa shape index (κ1) is 13.8. The summed E-state index contributed by atoms with van der Waals surface area (Å²) in [5.41, 5.74) is 0. The van der Waals surface area contributed by atoms with Crippen LogP contribution in [-0.4, -0.2) is 43.8 Å². The molecule has 0 rings (SSSR count). The number of hydrogen-bond acceptors (Lipinski definition) is 3. The number of rotatable bonds is 6. The number of carbonyl (C=O) groups is 2. The fourth-order valence-electron chi connectivity index (χ4n) is 0.808. The normalized spacial score (nSPS) is 11.3. The van der Waals surface area contributed by atoms with Gasteiger partial charge in [0.1, 0.15) is 0 Å². The fourth-order valence-corrected chi connectivity index (χ4v) is 0.808. The second-order valence-electron chi connectivity index (χ2n) is 4.00. The number of hydrogen-bond donors (Lipinski definition) is 1. The van der Waals surface area contributed by atoms with E-state index in [0.29, 0.717) is 6.54 Å². The molecule has 0 aliphatic rings. The summed E-state index contributed by atoms with van der Waals surface area (Å²) in [6.07, 6.45) is 3.21. The Bertz CT molecular complexity index is 245. The monoisotopic (exact) mass is 212 g/mol. The zero-order valence-electron chi connectivity index (χ0n) is 9.91. The smallest absolute Gasteiger partial charge is 0.244 e. The quantitative estimate of drug-likeness (QED) is 0.650. The molecule has 0 saturated heterocycles. The molecule has 0 bridgehead atoms. The Morgan fingerprint density at radius 1 is 1.33 bits per heavy atom. The number of carbonyl (C=O) groups excluding carboxylic acids is 2. The Balaban J connectivity index is 3.75. The van der Waals surface area contributed by atoms with Crippen LogP contribution in [0.2, 0.25) is 0 Å². The van der Waals surface area contributed by atoms with Crippen LogP contribution in [0.1, 0.15) is 13.8 Å². The van der Waals surface area contributed by atoms with Crippen LogP contribution in [0.3, 0.4) is 0 Å². The molecule has 0 aliphatic carbocycles. The maximum Gasteiger partial charge on any atom is 0.244 e. The average Bonchev–Trinajstić information content (AvgIpc) is 2.13. The van der Waals surface area contributed by atoms with Gasteiger partial charge in [-0.1, -0.05) is 19.9 Å². The molecule has 1 N–H and O–H groups in total. The van der Waals surface area contributed by atoms with E-state index in [4.69, 9.17) is 0 Å². The predicted octanol–water partition coefficient (Wildman–Crippen LogP) is 0.445. The molecule has 15 heavy (non-hydrogen) atoms. The van der Waals surface area contributed by atoms with Crippen LogP contribution in [0.4, 0.5) is 0 Å². The summed E-state index contributed by atoms with van der Waals surface area (Å²) in [6.45, 7) is 4.46. The van der Waals surface area contributed by atoms with Gasteiger partial charge in [-0.25, -0.2) is 0 Å². The number of Topliss-reactive ketones (excluding diaryl/α,β-unsaturated/α-hetero) is 1. The molecule has 0 aromatic heterocycles. The summed E-state index contributed by atoms with van der Waals surface area (Å²) in [5.74, 6) is -0.203. The maximum atomic E-state index is 11.2. The van der Waals surface area contributed by atoms with Gasteiger partial charge in [0.05, 0.1) is 6.54 Å². The first-order valence-electron chi connectivity index (χ1n) is 5.05. The van der Waals surface area contributed by atoms with E-state index in [1.54, 1.807) is 6.08 Å². The summed E-state index contributed by atoms with van der Waals surface area (Å²) in [4.78, 5) is 24.3. The number of ketones is 1. The van der Waals surface area contributed by atoms with Gasteiger partial charge < -0.3 is 10.2 Å². The largest absolute Gasteiger partial charge is 0.345 e. The highest BCUT2D eigenvalue weighted by atomic mass is 16.2. The Morgan fingerprint density at radius 3 is 2.40 bits per heavy atom. The third kappa shape index (κ3) is 7.88. The van der Waals surface area contributed by atoms with E-state index in [9.17, 15) is 9.59 Å². The maximum absolute atomic E-state index is 11.2. The van der Waals surface area contributed by atoms with E-state index in [1.807, 2.05) is 32.8 Å². The van der Waals surface area contributed by atoms with E-state index in [2.05, 4.69) is 5.32 Å². The van der Waals surface area contributed by atoms with E-state index < -0.39 is 0 Å². The highest BCUT2D eigenvalue weighted by Gasteiger charge is 2.07. The van der Waals surface area contributed by atoms with Crippen molar-refractivity contribution in [2.75, 3.05) is 27.2 Å². The van der Waals surface area contributed by atoms with Crippen LogP contribution in [0.25, 0.3) is 0 Å². The molecule has 0 fully saturated rings. The van der Waals surface area contributed by atoms with E-state index >= 15 is 0 Å². The Hall–Kier alpha value is -1.16. The van der Waals surface area contributed by atoms with E-state index in [-0.39, 0.29) is 24.2 Å². The lowest BCUT2D eigenvalue weighted by atomic mass is 10.1. The van der Waals surface area contributed by atoms with Crippen molar-refractivity contribution < 1.29 is 9.59 Å². The van der Waals surface area contributed by atoms with Gasteiger partial charge in [-0.2, -0.15) is 0 Å². The lowest BCUT2D eigenvalue weighted by Crippen LogP contribution is -2.30. The molecule has 0 spiro atoms. The average molecular weight is 212 g/mol. The summed E-state index contributed by atoms with van der Waals surface area (Å²) < 4.78 is 0. The zero-order chi connectivity index (χ0) is 11.8. The Morgan fingerprint density at radius 2 is 1.93 bits per heavy atom. The predicted molar refractivity (Wildman–Crippen MR) is 60.5 cm³/mol. The fraction of sp³-hybridized carbons (Fsp3) is 0.636. The first-order valence-corrected chi connectivity index (χ1v) is 5.05. The molecule has 0 unspecified atom stereocenters. The first-order chi connectivity index (χ1) is 6.93. The van der Waals surface area contributed by atoms with Gasteiger partial charge in [0.2, 0.25) is 5.91 Å². The summed E-state index contributed by atoms with van der Waals surface area (Å²) in [5, 5.41) is 2.54. The van der Waals surface area contributed by atoms with E-state index in [1.165, 1.54) is 6.08 Å². The second-order valence-corrected chi connectivity index (χ2v) is 4.00. The van der Waals surface area contributed by atoms with Gasteiger partial charge in [0.25, 0.3) is 0 Å². The van der Waals surface area contributed by atoms with Crippen molar-refractivity contribution in [2.45, 2.75) is 13.8 Å². The number of nitrogens with zero attached hydrogens (tertiary/aromatic N) is 1. The van der Waals surface area contributed by atoms with Crippen molar-refractivity contribution in [3.05, 3.63) is 12.2 Å². The molecule has 0 radical (unpaired) electrons. The van der Waals surface area contributed by atoms with Crippen molar-refractivity contribution in [3.8, 4) is 0 Å². The summed E-state index contributed by atoms with van der Waals surface area (Å²) in [7, 11) is 3.84. The highest BCUT2D eigenvalue weighted by Crippen LogP contribution is 1.91. The lowest BCUT2D eigenvalue weighted by molar-refractivity contribution is -0.124. The van der Waals surface area contributed by atoms with Gasteiger partial charge >= 0.3 is 0 Å². The molecule has 4 heteroatoms. The van der Waals surface area contributed by atoms with Gasteiger partial charge in [0.15, 0.2) is 5.78 Å². The number of nitrogens with one attached hydrogen (secondary N) is 1. The zero-order valence-corrected chi connectivity index (χ0v) is 9.91. The molecule has 1 amide bonds. The standard InChI is InChI=1S/C11H20N2O2/c1-9(2)10(14)8-12-11(15)6-5-7-13(3)4/h5-6,9H,7-8H2,1-4H3,(H,12,15)/b6-5+. The minimum Gasteiger partial charge on any atom is -0.345 e. The summed E-state index contributed by atoms with van der Waals surface area (Å²) >= 11 is 0. The van der Waals surface area contributed by atoms with Gasteiger partial charge in [-0.05, 0) is 14.1 Å². The topological polar surface area (TPSA) is 49.4 Å². The van der Waals surface area contributed by atoms with Gasteiger partial charge in [0, 0.05) is 18.5 Å². The van der Waals surface area contributed by atoms with Crippen molar-refractivity contribution in [1.29, 1.82) is 0 Å². The van der Waals surface area contributed by atoms with Crippen molar-refractivity contribution in [3.63, 3.8) is 0 Å². The van der Waals surface area contributed by atoms with Crippen LogP contribution < -0.4 is 5.32 Å². The minimum atomic E-state index is -0.217. The van der Waals surface area contributed by atoms with Crippen LogP contribution in [0, 0.1) is 5.92 Å². The second kappa shape index (κ2) is 7.17. The van der Waals surface area contributed by atoms with Crippen LogP contribution in [-0.2, 0) is 9.59 Å². The lowest BCUT2D eigenvalue weighted by Gasteiger charge is -2.05. The molecule has 0 atom stereocenters. The number of likely N-dealkylation sites (N-methyl/N-ethyl adjacent to an activating group) is 1. The summed E-state index contributed by atoms with van der Waals surface area (Å²) in [6, 6.07) is 0. The van der Waals surface area contributed by atoms with Crippen LogP contribution in [0.15, 0.2) is 12.2 Å². The third-order valence-electron chi connectivity index (χ3n) is 1.82. The van der Waals surface area contributed by atoms with Crippen LogP contribution >= 0.6 is 0 Å². The van der Waals surface area contributed by atoms with Crippen molar-refractivity contribution in [1.82, 2.24) is 10.2 Å². The molecule has 0 heterocycles. The SMILES string of the molecule is CC(C)C(=O)CNC(=O)/C=C/CN(C)C. The van der Waals surface area contributed by atoms with Crippen molar-refractivity contribution in [2.24, 2.45) is 5.92 Å². The molecule has 86 valence electrons. The molecular weight excluding hydrogens is 192 g/mol. The Labute approximate surface area is 91.3 Å². The molecule has 0 saturated carbocycles. The molecule has 0 aliphatic heterocycles. The number of amides is 1.